The minimum atomic E-state index is 0.553. The highest BCUT2D eigenvalue weighted by atomic mass is 35.5. The van der Waals surface area contributed by atoms with Crippen LogP contribution >= 0.6 is 11.6 Å². The maximum absolute atomic E-state index is 6.34. The van der Waals surface area contributed by atoms with E-state index >= 15 is 0 Å². The number of hydrogen-bond donors (Lipinski definition) is 2. The number of hydrogen-bond acceptors (Lipinski definition) is 5. The van der Waals surface area contributed by atoms with Gasteiger partial charge in [0.1, 0.15) is 5.76 Å². The number of nitrogens with one attached hydrogen (secondary N) is 2. The number of aromatic nitrogens is 1. The first-order valence-electron chi connectivity index (χ1n) is 8.52. The van der Waals surface area contributed by atoms with Gasteiger partial charge in [0.2, 0.25) is 0 Å². The zero-order valence-corrected chi connectivity index (χ0v) is 15.9. The zero-order valence-electron chi connectivity index (χ0n) is 15.2. The molecule has 0 spiro atoms. The normalized spacial score (nSPS) is 14.1. The number of nitrogens with zero attached hydrogens (tertiary/aromatic N) is 2. The molecule has 1 aromatic carbocycles. The molecule has 140 valence electrons. The summed E-state index contributed by atoms with van der Waals surface area (Å²) in [5.41, 5.74) is 2.89. The van der Waals surface area contributed by atoms with Crippen LogP contribution in [0.15, 0.2) is 21.6 Å². The average Bonchev–Trinajstić information content (AvgIpc) is 2.82. The lowest BCUT2D eigenvalue weighted by atomic mass is 10.2. The SMILES string of the molecule is CN=C(NCc1cc(Cl)c2c(c1)OCCCO2)NCc1c(C)noc1C. The summed E-state index contributed by atoms with van der Waals surface area (Å²) in [6.45, 7) is 6.19. The lowest BCUT2D eigenvalue weighted by Gasteiger charge is -2.14. The molecule has 26 heavy (non-hydrogen) atoms. The number of rotatable bonds is 4. The van der Waals surface area contributed by atoms with Crippen molar-refractivity contribution in [3.8, 4) is 11.5 Å². The van der Waals surface area contributed by atoms with Crippen LogP contribution in [0.4, 0.5) is 0 Å². The Morgan fingerprint density at radius 3 is 2.69 bits per heavy atom. The maximum atomic E-state index is 6.34. The Morgan fingerprint density at radius 2 is 1.96 bits per heavy atom. The molecule has 0 fully saturated rings. The molecule has 0 amide bonds. The van der Waals surface area contributed by atoms with E-state index in [1.165, 1.54) is 0 Å². The number of guanidine groups is 1. The Labute approximate surface area is 157 Å². The second-order valence-corrected chi connectivity index (χ2v) is 6.44. The fourth-order valence-electron chi connectivity index (χ4n) is 2.72. The molecule has 0 unspecified atom stereocenters. The number of aryl methyl sites for hydroxylation is 2. The fraction of sp³-hybridized carbons (Fsp3) is 0.444. The summed E-state index contributed by atoms with van der Waals surface area (Å²) in [7, 11) is 1.73. The van der Waals surface area contributed by atoms with Gasteiger partial charge in [-0.1, -0.05) is 16.8 Å². The molecule has 2 N–H and O–H groups in total. The number of benzene rings is 1. The van der Waals surface area contributed by atoms with Crippen molar-refractivity contribution < 1.29 is 14.0 Å². The van der Waals surface area contributed by atoms with Gasteiger partial charge in [-0.05, 0) is 31.5 Å². The number of aliphatic imine (C=N–C) groups is 1. The summed E-state index contributed by atoms with van der Waals surface area (Å²) < 4.78 is 16.6. The Bertz CT molecular complexity index is 784. The minimum Gasteiger partial charge on any atom is -0.489 e. The predicted octanol–water partition coefficient (Wildman–Crippen LogP) is 2.97. The van der Waals surface area contributed by atoms with Gasteiger partial charge in [0, 0.05) is 32.1 Å². The second-order valence-electron chi connectivity index (χ2n) is 6.04. The topological polar surface area (TPSA) is 80.9 Å². The van der Waals surface area contributed by atoms with E-state index in [2.05, 4.69) is 20.8 Å². The Hall–Kier alpha value is -2.41. The summed E-state index contributed by atoms with van der Waals surface area (Å²) in [4.78, 5) is 4.24. The van der Waals surface area contributed by atoms with Crippen molar-refractivity contribution in [3.05, 3.63) is 39.7 Å². The number of halogens is 1. The van der Waals surface area contributed by atoms with E-state index in [1.54, 1.807) is 7.05 Å². The van der Waals surface area contributed by atoms with Crippen LogP contribution in [0, 0.1) is 13.8 Å². The van der Waals surface area contributed by atoms with Crippen LogP contribution in [0.1, 0.15) is 29.0 Å². The van der Waals surface area contributed by atoms with Gasteiger partial charge in [0.25, 0.3) is 0 Å². The molecule has 0 aliphatic carbocycles. The summed E-state index contributed by atoms with van der Waals surface area (Å²) in [5, 5.41) is 11.0. The predicted molar refractivity (Wildman–Crippen MR) is 100 cm³/mol. The highest BCUT2D eigenvalue weighted by molar-refractivity contribution is 6.32. The Kier molecular flexibility index (Phi) is 5.88. The van der Waals surface area contributed by atoms with Crippen LogP contribution < -0.4 is 20.1 Å². The highest BCUT2D eigenvalue weighted by Crippen LogP contribution is 2.37. The van der Waals surface area contributed by atoms with Crippen molar-refractivity contribution in [3.63, 3.8) is 0 Å². The largest absolute Gasteiger partial charge is 0.489 e. The van der Waals surface area contributed by atoms with Crippen LogP contribution in [-0.4, -0.2) is 31.4 Å². The summed E-state index contributed by atoms with van der Waals surface area (Å²) in [6.07, 6.45) is 0.844. The molecular formula is C18H23ClN4O3. The van der Waals surface area contributed by atoms with Gasteiger partial charge >= 0.3 is 0 Å². The molecule has 3 rings (SSSR count). The Balaban J connectivity index is 1.62. The van der Waals surface area contributed by atoms with E-state index in [-0.39, 0.29) is 0 Å². The average molecular weight is 379 g/mol. The van der Waals surface area contributed by atoms with Crippen LogP contribution in [0.2, 0.25) is 5.02 Å². The first-order chi connectivity index (χ1) is 12.6. The standard InChI is InChI=1S/C18H23ClN4O3/c1-11-14(12(2)26-23-11)10-22-18(20-3)21-9-13-7-15(19)17-16(8-13)24-5-4-6-25-17/h7-8H,4-6,9-10H2,1-3H3,(H2,20,21,22). The van der Waals surface area contributed by atoms with E-state index < -0.39 is 0 Å². The summed E-state index contributed by atoms with van der Waals surface area (Å²) >= 11 is 6.34. The lowest BCUT2D eigenvalue weighted by molar-refractivity contribution is 0.297. The van der Waals surface area contributed by atoms with E-state index in [4.69, 9.17) is 25.6 Å². The monoisotopic (exact) mass is 378 g/mol. The first kappa shape index (κ1) is 18.4. The fourth-order valence-corrected chi connectivity index (χ4v) is 3.01. The van der Waals surface area contributed by atoms with Crippen molar-refractivity contribution in [2.45, 2.75) is 33.4 Å². The van der Waals surface area contributed by atoms with Crippen molar-refractivity contribution in [1.29, 1.82) is 0 Å². The van der Waals surface area contributed by atoms with Gasteiger partial charge in [-0.2, -0.15) is 0 Å². The third-order valence-corrected chi connectivity index (χ3v) is 4.44. The molecule has 8 heteroatoms. The molecule has 0 atom stereocenters. The van der Waals surface area contributed by atoms with E-state index in [1.807, 2.05) is 26.0 Å². The van der Waals surface area contributed by atoms with E-state index in [0.717, 1.165) is 29.0 Å². The third-order valence-electron chi connectivity index (χ3n) is 4.16. The van der Waals surface area contributed by atoms with Crippen LogP contribution in [0.25, 0.3) is 0 Å². The number of fused-ring (bicyclic) bond motifs is 1. The van der Waals surface area contributed by atoms with Gasteiger partial charge in [-0.3, -0.25) is 4.99 Å². The Morgan fingerprint density at radius 1 is 1.19 bits per heavy atom. The van der Waals surface area contributed by atoms with Gasteiger partial charge in [-0.15, -0.1) is 0 Å². The van der Waals surface area contributed by atoms with Crippen LogP contribution in [-0.2, 0) is 13.1 Å². The summed E-state index contributed by atoms with van der Waals surface area (Å²) in [6, 6.07) is 3.82. The van der Waals surface area contributed by atoms with Crippen molar-refractivity contribution >= 4 is 17.6 Å². The molecule has 2 aromatic rings. The molecule has 1 aliphatic rings. The van der Waals surface area contributed by atoms with E-state index in [0.29, 0.717) is 48.8 Å². The molecule has 0 saturated carbocycles. The van der Waals surface area contributed by atoms with Gasteiger partial charge in [0.05, 0.1) is 23.9 Å². The minimum absolute atomic E-state index is 0.553. The highest BCUT2D eigenvalue weighted by Gasteiger charge is 2.16. The molecule has 7 nitrogen and oxygen atoms in total. The smallest absolute Gasteiger partial charge is 0.191 e. The molecule has 1 aromatic heterocycles. The van der Waals surface area contributed by atoms with Crippen molar-refractivity contribution in [2.24, 2.45) is 4.99 Å². The van der Waals surface area contributed by atoms with E-state index in [9.17, 15) is 0 Å². The first-order valence-corrected chi connectivity index (χ1v) is 8.90. The van der Waals surface area contributed by atoms with Gasteiger partial charge in [-0.25, -0.2) is 0 Å². The molecular weight excluding hydrogens is 356 g/mol. The second kappa shape index (κ2) is 8.31. The molecule has 0 bridgehead atoms. The molecule has 0 radical (unpaired) electrons. The summed E-state index contributed by atoms with van der Waals surface area (Å²) in [5.74, 6) is 2.78. The maximum Gasteiger partial charge on any atom is 0.191 e. The van der Waals surface area contributed by atoms with Crippen LogP contribution in [0.5, 0.6) is 11.5 Å². The van der Waals surface area contributed by atoms with Crippen LogP contribution in [0.3, 0.4) is 0 Å². The number of ether oxygens (including phenoxy) is 2. The van der Waals surface area contributed by atoms with Crippen molar-refractivity contribution in [2.75, 3.05) is 20.3 Å². The molecule has 1 aliphatic heterocycles. The quantitative estimate of drug-likeness (QED) is 0.629. The van der Waals surface area contributed by atoms with Crippen molar-refractivity contribution in [1.82, 2.24) is 15.8 Å². The molecule has 2 heterocycles. The lowest BCUT2D eigenvalue weighted by Crippen LogP contribution is -2.36. The third kappa shape index (κ3) is 4.22. The zero-order chi connectivity index (χ0) is 18.5. The van der Waals surface area contributed by atoms with Gasteiger partial charge in [0.15, 0.2) is 17.5 Å². The molecule has 0 saturated heterocycles. The van der Waals surface area contributed by atoms with Gasteiger partial charge < -0.3 is 24.6 Å².